The highest BCUT2D eigenvalue weighted by molar-refractivity contribution is 6.22. The molecular weight excluding hydrogens is 360 g/mol. The fourth-order valence-electron chi connectivity index (χ4n) is 2.24. The van der Waals surface area contributed by atoms with Crippen LogP contribution in [0.25, 0.3) is 0 Å². The summed E-state index contributed by atoms with van der Waals surface area (Å²) in [7, 11) is 0. The van der Waals surface area contributed by atoms with Crippen molar-refractivity contribution in [2.75, 3.05) is 26.2 Å². The summed E-state index contributed by atoms with van der Waals surface area (Å²) in [5.74, 6) is -4.54. The second kappa shape index (κ2) is 8.56. The van der Waals surface area contributed by atoms with Gasteiger partial charge in [0.2, 0.25) is 17.7 Å². The van der Waals surface area contributed by atoms with Crippen molar-refractivity contribution >= 4 is 35.5 Å². The number of carbonyl (C=O) groups excluding carboxylic acids is 5. The Labute approximate surface area is 152 Å². The molecule has 0 unspecified atom stereocenters. The summed E-state index contributed by atoms with van der Waals surface area (Å²) in [5, 5.41) is 14.9. The highest BCUT2D eigenvalue weighted by atomic mass is 16.4. The zero-order valence-electron chi connectivity index (χ0n) is 14.0. The monoisotopic (exact) mass is 376 g/mol. The molecule has 1 aliphatic heterocycles. The molecule has 27 heavy (non-hydrogen) atoms. The largest absolute Gasteiger partial charge is 0.480 e. The average molecular weight is 376 g/mol. The molecule has 0 fully saturated rings. The van der Waals surface area contributed by atoms with E-state index in [1.807, 2.05) is 5.32 Å². The molecular formula is C16H16N4O7. The third-order valence-corrected chi connectivity index (χ3v) is 3.51. The molecule has 1 aromatic rings. The van der Waals surface area contributed by atoms with Crippen molar-refractivity contribution in [3.8, 4) is 0 Å². The lowest BCUT2D eigenvalue weighted by molar-refractivity contribution is -0.137. The lowest BCUT2D eigenvalue weighted by Gasteiger charge is -2.13. The number of nitrogens with zero attached hydrogens (tertiary/aromatic N) is 1. The maximum Gasteiger partial charge on any atom is 0.322 e. The average Bonchev–Trinajstić information content (AvgIpc) is 2.88. The number of carboxylic acids is 1. The Morgan fingerprint density at radius 2 is 1.22 bits per heavy atom. The maximum atomic E-state index is 12.1. The van der Waals surface area contributed by atoms with E-state index in [1.165, 1.54) is 12.1 Å². The van der Waals surface area contributed by atoms with E-state index in [9.17, 15) is 28.8 Å². The van der Waals surface area contributed by atoms with E-state index in [1.54, 1.807) is 12.1 Å². The summed E-state index contributed by atoms with van der Waals surface area (Å²) in [4.78, 5) is 70.0. The number of carboxylic acid groups (broad SMARTS) is 1. The molecule has 11 nitrogen and oxygen atoms in total. The van der Waals surface area contributed by atoms with Crippen molar-refractivity contribution < 1.29 is 33.9 Å². The van der Waals surface area contributed by atoms with E-state index in [2.05, 4.69) is 10.6 Å². The Kier molecular flexibility index (Phi) is 6.20. The number of imide groups is 1. The van der Waals surface area contributed by atoms with E-state index in [4.69, 9.17) is 5.11 Å². The molecule has 0 bridgehead atoms. The maximum absolute atomic E-state index is 12.1. The highest BCUT2D eigenvalue weighted by Crippen LogP contribution is 2.21. The Morgan fingerprint density at radius 3 is 1.70 bits per heavy atom. The van der Waals surface area contributed by atoms with Crippen molar-refractivity contribution in [2.45, 2.75) is 0 Å². The predicted octanol–water partition coefficient (Wildman–Crippen LogP) is -2.28. The minimum absolute atomic E-state index is 0.209. The van der Waals surface area contributed by atoms with Crippen molar-refractivity contribution in [3.05, 3.63) is 35.4 Å². The first-order chi connectivity index (χ1) is 12.8. The van der Waals surface area contributed by atoms with Gasteiger partial charge in [0.25, 0.3) is 11.8 Å². The molecule has 2 rings (SSSR count). The van der Waals surface area contributed by atoms with Gasteiger partial charge in [-0.25, -0.2) is 0 Å². The molecule has 5 amide bonds. The molecule has 0 saturated heterocycles. The second-order valence-electron chi connectivity index (χ2n) is 5.47. The van der Waals surface area contributed by atoms with Gasteiger partial charge >= 0.3 is 5.97 Å². The number of fused-ring (bicyclic) bond motifs is 1. The highest BCUT2D eigenvalue weighted by Gasteiger charge is 2.36. The fourth-order valence-corrected chi connectivity index (χ4v) is 2.24. The van der Waals surface area contributed by atoms with E-state index in [-0.39, 0.29) is 11.1 Å². The summed E-state index contributed by atoms with van der Waals surface area (Å²) >= 11 is 0. The van der Waals surface area contributed by atoms with Gasteiger partial charge in [-0.15, -0.1) is 0 Å². The van der Waals surface area contributed by atoms with Gasteiger partial charge in [-0.3, -0.25) is 33.7 Å². The van der Waals surface area contributed by atoms with Crippen LogP contribution in [-0.4, -0.2) is 71.7 Å². The number of rotatable bonds is 8. The second-order valence-corrected chi connectivity index (χ2v) is 5.47. The van der Waals surface area contributed by atoms with Crippen molar-refractivity contribution in [3.63, 3.8) is 0 Å². The number of carbonyl (C=O) groups is 6. The summed E-state index contributed by atoms with van der Waals surface area (Å²) < 4.78 is 0. The molecule has 0 aromatic heterocycles. The summed E-state index contributed by atoms with van der Waals surface area (Å²) in [6.07, 6.45) is 0. The number of hydrogen-bond acceptors (Lipinski definition) is 6. The Morgan fingerprint density at radius 1 is 0.778 bits per heavy atom. The third kappa shape index (κ3) is 5.11. The van der Waals surface area contributed by atoms with Gasteiger partial charge in [0, 0.05) is 0 Å². The quantitative estimate of drug-likeness (QED) is 0.371. The molecule has 0 radical (unpaired) electrons. The van der Waals surface area contributed by atoms with Gasteiger partial charge in [0.15, 0.2) is 0 Å². The summed E-state index contributed by atoms with van der Waals surface area (Å²) in [6, 6.07) is 6.17. The first-order valence-electron chi connectivity index (χ1n) is 7.76. The first-order valence-corrected chi connectivity index (χ1v) is 7.76. The molecule has 0 spiro atoms. The van der Waals surface area contributed by atoms with Gasteiger partial charge in [0.1, 0.15) is 13.1 Å². The Bertz CT molecular complexity index is 786. The summed E-state index contributed by atoms with van der Waals surface area (Å²) in [6.45, 7) is -2.06. The Hall–Kier alpha value is -3.76. The molecule has 0 saturated carbocycles. The SMILES string of the molecule is O=C(O)CNC(=O)CNC(=O)CNC(=O)CN1C(=O)c2ccccc2C1=O. The zero-order chi connectivity index (χ0) is 20.0. The third-order valence-electron chi connectivity index (χ3n) is 3.51. The molecule has 11 heteroatoms. The van der Waals surface area contributed by atoms with Crippen LogP contribution in [0.4, 0.5) is 0 Å². The van der Waals surface area contributed by atoms with E-state index in [0.717, 1.165) is 4.90 Å². The van der Waals surface area contributed by atoms with Gasteiger partial charge in [0.05, 0.1) is 24.2 Å². The van der Waals surface area contributed by atoms with E-state index < -0.39 is 61.7 Å². The van der Waals surface area contributed by atoms with Gasteiger partial charge in [-0.2, -0.15) is 0 Å². The standard InChI is InChI=1S/C16H16N4O7/c21-11(17-5-12(22)19-7-14(24)25)6-18-13(23)8-20-15(26)9-3-1-2-4-10(9)16(20)27/h1-4H,5-8H2,(H,17,21)(H,18,23)(H,19,22)(H,24,25). The molecule has 142 valence electrons. The van der Waals surface area contributed by atoms with Gasteiger partial charge < -0.3 is 21.1 Å². The predicted molar refractivity (Wildman–Crippen MR) is 88.5 cm³/mol. The number of nitrogens with one attached hydrogen (secondary N) is 3. The number of benzene rings is 1. The van der Waals surface area contributed by atoms with Gasteiger partial charge in [-0.1, -0.05) is 12.1 Å². The van der Waals surface area contributed by atoms with Crippen LogP contribution in [0.1, 0.15) is 20.7 Å². The zero-order valence-corrected chi connectivity index (χ0v) is 14.0. The molecule has 4 N–H and O–H groups in total. The fraction of sp³-hybridized carbons (Fsp3) is 0.250. The Balaban J connectivity index is 1.74. The van der Waals surface area contributed by atoms with Crippen LogP contribution in [0.2, 0.25) is 0 Å². The molecule has 1 heterocycles. The normalized spacial score (nSPS) is 12.4. The first kappa shape index (κ1) is 19.6. The van der Waals surface area contributed by atoms with Gasteiger partial charge in [-0.05, 0) is 12.1 Å². The summed E-state index contributed by atoms with van der Waals surface area (Å²) in [5.41, 5.74) is 0.417. The number of aliphatic carboxylic acids is 1. The minimum Gasteiger partial charge on any atom is -0.480 e. The van der Waals surface area contributed by atoms with E-state index in [0.29, 0.717) is 0 Å². The topological polar surface area (TPSA) is 162 Å². The van der Waals surface area contributed by atoms with Crippen LogP contribution in [0, 0.1) is 0 Å². The number of amides is 5. The van der Waals surface area contributed by atoms with Crippen LogP contribution in [0.15, 0.2) is 24.3 Å². The van der Waals surface area contributed by atoms with Crippen LogP contribution in [-0.2, 0) is 19.2 Å². The van der Waals surface area contributed by atoms with Crippen LogP contribution < -0.4 is 16.0 Å². The molecule has 0 atom stereocenters. The van der Waals surface area contributed by atoms with E-state index >= 15 is 0 Å². The molecule has 0 aliphatic carbocycles. The van der Waals surface area contributed by atoms with Crippen LogP contribution in [0.3, 0.4) is 0 Å². The lowest BCUT2D eigenvalue weighted by atomic mass is 10.1. The van der Waals surface area contributed by atoms with Crippen molar-refractivity contribution in [1.82, 2.24) is 20.9 Å². The van der Waals surface area contributed by atoms with Crippen molar-refractivity contribution in [2.24, 2.45) is 0 Å². The van der Waals surface area contributed by atoms with Crippen LogP contribution in [0.5, 0.6) is 0 Å². The van der Waals surface area contributed by atoms with Crippen molar-refractivity contribution in [1.29, 1.82) is 0 Å². The van der Waals surface area contributed by atoms with Crippen LogP contribution >= 0.6 is 0 Å². The minimum atomic E-state index is -1.23. The molecule has 1 aromatic carbocycles. The lowest BCUT2D eigenvalue weighted by Crippen LogP contribution is -2.45. The number of hydrogen-bond donors (Lipinski definition) is 4. The smallest absolute Gasteiger partial charge is 0.322 e. The molecule has 1 aliphatic rings.